The number of rotatable bonds is 2. The topological polar surface area (TPSA) is 64.9 Å². The lowest BCUT2D eigenvalue weighted by Gasteiger charge is -1.98. The van der Waals surface area contributed by atoms with Crippen LogP contribution in [0.25, 0.3) is 11.5 Å². The highest BCUT2D eigenvalue weighted by molar-refractivity contribution is 9.10. The van der Waals surface area contributed by atoms with Crippen LogP contribution >= 0.6 is 15.9 Å². The summed E-state index contributed by atoms with van der Waals surface area (Å²) in [5.41, 5.74) is 6.25. The maximum Gasteiger partial charge on any atom is 0.259 e. The molecule has 1 aromatic heterocycles. The molecule has 0 aliphatic carbocycles. The van der Waals surface area contributed by atoms with E-state index in [1.54, 1.807) is 13.0 Å². The van der Waals surface area contributed by atoms with Gasteiger partial charge in [-0.3, -0.25) is 0 Å². The van der Waals surface area contributed by atoms with E-state index in [2.05, 4.69) is 26.1 Å². The highest BCUT2D eigenvalue weighted by Crippen LogP contribution is 2.27. The molecule has 4 nitrogen and oxygen atoms in total. The number of hydrogen-bond acceptors (Lipinski definition) is 4. The third-order valence-corrected chi connectivity index (χ3v) is 2.67. The van der Waals surface area contributed by atoms with Crippen molar-refractivity contribution in [2.45, 2.75) is 13.0 Å². The van der Waals surface area contributed by atoms with Crippen LogP contribution in [-0.2, 0) is 0 Å². The summed E-state index contributed by atoms with van der Waals surface area (Å²) in [5.74, 6) is 0.410. The molecule has 1 heterocycles. The highest BCUT2D eigenvalue weighted by Gasteiger charge is 2.14. The van der Waals surface area contributed by atoms with Crippen LogP contribution in [0.4, 0.5) is 4.39 Å². The molecule has 2 aromatic rings. The Balaban J connectivity index is 2.42. The summed E-state index contributed by atoms with van der Waals surface area (Å²) in [6.45, 7) is 1.76. The van der Waals surface area contributed by atoms with E-state index in [9.17, 15) is 4.39 Å². The Hall–Kier alpha value is -1.27. The second kappa shape index (κ2) is 4.31. The van der Waals surface area contributed by atoms with E-state index in [0.717, 1.165) is 0 Å². The van der Waals surface area contributed by atoms with Crippen LogP contribution in [0.5, 0.6) is 0 Å². The monoisotopic (exact) mass is 285 g/mol. The van der Waals surface area contributed by atoms with Gasteiger partial charge in [0.15, 0.2) is 5.82 Å². The fourth-order valence-corrected chi connectivity index (χ4v) is 1.71. The molecule has 1 atom stereocenters. The predicted molar refractivity (Wildman–Crippen MR) is 60.0 cm³/mol. The Morgan fingerprint density at radius 1 is 1.50 bits per heavy atom. The summed E-state index contributed by atoms with van der Waals surface area (Å²) >= 11 is 3.23. The van der Waals surface area contributed by atoms with Crippen molar-refractivity contribution in [1.29, 1.82) is 0 Å². The van der Waals surface area contributed by atoms with Crippen LogP contribution in [0, 0.1) is 5.82 Å². The second-order valence-corrected chi connectivity index (χ2v) is 4.22. The van der Waals surface area contributed by atoms with E-state index in [0.29, 0.717) is 21.8 Å². The summed E-state index contributed by atoms with van der Waals surface area (Å²) < 4.78 is 18.5. The number of benzene rings is 1. The minimum atomic E-state index is -0.331. The van der Waals surface area contributed by atoms with Gasteiger partial charge in [0.05, 0.1) is 11.6 Å². The van der Waals surface area contributed by atoms with Gasteiger partial charge in [-0.05, 0) is 41.1 Å². The van der Waals surface area contributed by atoms with Gasteiger partial charge in [0.2, 0.25) is 0 Å². The van der Waals surface area contributed by atoms with Crippen molar-refractivity contribution in [1.82, 2.24) is 10.1 Å². The molecule has 0 saturated carbocycles. The molecule has 1 aromatic carbocycles. The third kappa shape index (κ3) is 2.12. The summed E-state index contributed by atoms with van der Waals surface area (Å²) in [7, 11) is 0. The van der Waals surface area contributed by atoms with Crippen molar-refractivity contribution in [3.63, 3.8) is 0 Å². The molecular weight excluding hydrogens is 277 g/mol. The molecule has 1 unspecified atom stereocenters. The zero-order chi connectivity index (χ0) is 11.7. The summed E-state index contributed by atoms with van der Waals surface area (Å²) in [4.78, 5) is 4.12. The molecule has 2 N–H and O–H groups in total. The third-order valence-electron chi connectivity index (χ3n) is 2.01. The number of aromatic nitrogens is 2. The molecule has 0 radical (unpaired) electrons. The van der Waals surface area contributed by atoms with Crippen molar-refractivity contribution in [3.05, 3.63) is 34.3 Å². The van der Waals surface area contributed by atoms with Crippen molar-refractivity contribution in [3.8, 4) is 11.5 Å². The molecule has 0 aliphatic rings. The van der Waals surface area contributed by atoms with Gasteiger partial charge in [0, 0.05) is 4.47 Å². The molecule has 0 bridgehead atoms. The van der Waals surface area contributed by atoms with E-state index in [-0.39, 0.29) is 11.9 Å². The molecule has 0 amide bonds. The minimum Gasteiger partial charge on any atom is -0.334 e. The van der Waals surface area contributed by atoms with E-state index in [1.807, 2.05) is 0 Å². The molecule has 6 heteroatoms. The maximum atomic E-state index is 12.9. The van der Waals surface area contributed by atoms with Crippen LogP contribution in [0.1, 0.15) is 18.8 Å². The highest BCUT2D eigenvalue weighted by atomic mass is 79.9. The van der Waals surface area contributed by atoms with Crippen LogP contribution in [-0.4, -0.2) is 10.1 Å². The van der Waals surface area contributed by atoms with Crippen molar-refractivity contribution in [2.75, 3.05) is 0 Å². The Morgan fingerprint density at radius 3 is 2.81 bits per heavy atom. The van der Waals surface area contributed by atoms with E-state index < -0.39 is 0 Å². The van der Waals surface area contributed by atoms with Gasteiger partial charge in [-0.2, -0.15) is 4.98 Å². The summed E-state index contributed by atoms with van der Waals surface area (Å²) in [5, 5.41) is 3.73. The van der Waals surface area contributed by atoms with Gasteiger partial charge < -0.3 is 10.3 Å². The lowest BCUT2D eigenvalue weighted by atomic mass is 10.2. The first-order valence-corrected chi connectivity index (χ1v) is 5.42. The lowest BCUT2D eigenvalue weighted by molar-refractivity contribution is 0.418. The van der Waals surface area contributed by atoms with Gasteiger partial charge in [0.1, 0.15) is 5.82 Å². The smallest absolute Gasteiger partial charge is 0.259 e. The molecular formula is C10H9BrFN3O. The first-order chi connectivity index (χ1) is 7.58. The Labute approximate surface area is 99.8 Å². The first kappa shape index (κ1) is 11.2. The average Bonchev–Trinajstić information content (AvgIpc) is 2.66. The quantitative estimate of drug-likeness (QED) is 0.921. The van der Waals surface area contributed by atoms with Crippen molar-refractivity contribution in [2.24, 2.45) is 5.73 Å². The second-order valence-electron chi connectivity index (χ2n) is 3.37. The van der Waals surface area contributed by atoms with Crippen LogP contribution < -0.4 is 5.73 Å². The summed E-state index contributed by atoms with van der Waals surface area (Å²) in [6.07, 6.45) is 0. The fraction of sp³-hybridized carbons (Fsp3) is 0.200. The average molecular weight is 286 g/mol. The SMILES string of the molecule is CC(N)c1noc(-c2ccc(F)cc2Br)n1. The van der Waals surface area contributed by atoms with Crippen LogP contribution in [0.3, 0.4) is 0 Å². The number of halogens is 2. The van der Waals surface area contributed by atoms with Gasteiger partial charge in [-0.1, -0.05) is 5.16 Å². The maximum absolute atomic E-state index is 12.9. The van der Waals surface area contributed by atoms with Crippen molar-refractivity contribution >= 4 is 15.9 Å². The molecule has 0 aliphatic heterocycles. The van der Waals surface area contributed by atoms with Gasteiger partial charge >= 0.3 is 0 Å². The van der Waals surface area contributed by atoms with Crippen LogP contribution in [0.15, 0.2) is 27.2 Å². The molecule has 2 rings (SSSR count). The zero-order valence-corrected chi connectivity index (χ0v) is 10.0. The molecule has 0 spiro atoms. The summed E-state index contributed by atoms with van der Waals surface area (Å²) in [6, 6.07) is 3.94. The molecule has 0 saturated heterocycles. The Morgan fingerprint density at radius 2 is 2.25 bits per heavy atom. The van der Waals surface area contributed by atoms with Gasteiger partial charge in [0.25, 0.3) is 5.89 Å². The predicted octanol–water partition coefficient (Wildman–Crippen LogP) is 2.66. The molecule has 84 valence electrons. The van der Waals surface area contributed by atoms with Gasteiger partial charge in [-0.25, -0.2) is 4.39 Å². The van der Waals surface area contributed by atoms with E-state index >= 15 is 0 Å². The zero-order valence-electron chi connectivity index (χ0n) is 8.45. The standard InChI is InChI=1S/C10H9BrFN3O/c1-5(13)9-14-10(16-15-9)7-3-2-6(12)4-8(7)11/h2-5H,13H2,1H3. The Bertz CT molecular complexity index is 513. The first-order valence-electron chi connectivity index (χ1n) is 4.62. The Kier molecular flexibility index (Phi) is 3.02. The van der Waals surface area contributed by atoms with E-state index in [4.69, 9.17) is 10.3 Å². The number of hydrogen-bond donors (Lipinski definition) is 1. The van der Waals surface area contributed by atoms with E-state index in [1.165, 1.54) is 12.1 Å². The lowest BCUT2D eigenvalue weighted by Crippen LogP contribution is -2.06. The van der Waals surface area contributed by atoms with Crippen LogP contribution in [0.2, 0.25) is 0 Å². The molecule has 0 fully saturated rings. The normalized spacial score (nSPS) is 12.8. The molecule has 16 heavy (non-hydrogen) atoms. The number of nitrogens with zero attached hydrogens (tertiary/aromatic N) is 2. The van der Waals surface area contributed by atoms with Gasteiger partial charge in [-0.15, -0.1) is 0 Å². The van der Waals surface area contributed by atoms with Crippen molar-refractivity contribution < 1.29 is 8.91 Å². The number of nitrogens with two attached hydrogens (primary N) is 1. The largest absolute Gasteiger partial charge is 0.334 e. The minimum absolute atomic E-state index is 0.295. The fourth-order valence-electron chi connectivity index (χ4n) is 1.19.